The highest BCUT2D eigenvalue weighted by Crippen LogP contribution is 2.13. The molecule has 17 heavy (non-hydrogen) atoms. The minimum atomic E-state index is -0.920. The quantitative estimate of drug-likeness (QED) is 0.853. The highest BCUT2D eigenvalue weighted by atomic mass is 16.5. The molecule has 2 rings (SSSR count). The monoisotopic (exact) mass is 232 g/mol. The highest BCUT2D eigenvalue weighted by Gasteiger charge is 2.22. The maximum atomic E-state index is 10.2. The SMILES string of the molecule is CC(O)(COc1ccccc1)Cn1ccnc1. The summed E-state index contributed by atoms with van der Waals surface area (Å²) in [5, 5.41) is 10.2. The van der Waals surface area contributed by atoms with Gasteiger partial charge in [-0.05, 0) is 19.1 Å². The summed E-state index contributed by atoms with van der Waals surface area (Å²) in [6, 6.07) is 9.47. The Morgan fingerprint density at radius 2 is 2.12 bits per heavy atom. The molecule has 1 heterocycles. The van der Waals surface area contributed by atoms with E-state index in [-0.39, 0.29) is 6.61 Å². The summed E-state index contributed by atoms with van der Waals surface area (Å²) in [5.41, 5.74) is -0.920. The number of nitrogens with zero attached hydrogens (tertiary/aromatic N) is 2. The lowest BCUT2D eigenvalue weighted by molar-refractivity contribution is -0.00287. The van der Waals surface area contributed by atoms with Crippen molar-refractivity contribution in [1.29, 1.82) is 0 Å². The van der Waals surface area contributed by atoms with Gasteiger partial charge < -0.3 is 14.4 Å². The summed E-state index contributed by atoms with van der Waals surface area (Å²) in [4.78, 5) is 3.94. The number of aromatic nitrogens is 2. The molecule has 0 aliphatic heterocycles. The normalized spacial score (nSPS) is 14.2. The molecular weight excluding hydrogens is 216 g/mol. The van der Waals surface area contributed by atoms with Crippen LogP contribution in [-0.4, -0.2) is 26.9 Å². The molecule has 1 aromatic carbocycles. The molecule has 0 amide bonds. The van der Waals surface area contributed by atoms with Crippen molar-refractivity contribution >= 4 is 0 Å². The Bertz CT molecular complexity index is 438. The van der Waals surface area contributed by atoms with Crippen LogP contribution in [0.5, 0.6) is 5.75 Å². The van der Waals surface area contributed by atoms with E-state index in [2.05, 4.69) is 4.98 Å². The smallest absolute Gasteiger partial charge is 0.119 e. The number of hydrogen-bond donors (Lipinski definition) is 1. The van der Waals surface area contributed by atoms with Crippen LogP contribution >= 0.6 is 0 Å². The molecule has 0 aliphatic carbocycles. The minimum absolute atomic E-state index is 0.245. The number of benzene rings is 1. The average molecular weight is 232 g/mol. The second-order valence-corrected chi connectivity index (χ2v) is 4.33. The molecule has 1 aromatic heterocycles. The van der Waals surface area contributed by atoms with Crippen LogP contribution in [0.3, 0.4) is 0 Å². The zero-order valence-electron chi connectivity index (χ0n) is 9.78. The zero-order valence-corrected chi connectivity index (χ0v) is 9.78. The van der Waals surface area contributed by atoms with Crippen molar-refractivity contribution in [3.63, 3.8) is 0 Å². The van der Waals surface area contributed by atoms with Crippen molar-refractivity contribution < 1.29 is 9.84 Å². The molecule has 2 aromatic rings. The van der Waals surface area contributed by atoms with Gasteiger partial charge in [0, 0.05) is 12.4 Å². The van der Waals surface area contributed by atoms with Crippen LogP contribution in [0, 0.1) is 0 Å². The Morgan fingerprint density at radius 3 is 2.76 bits per heavy atom. The Balaban J connectivity index is 1.89. The number of rotatable bonds is 5. The van der Waals surface area contributed by atoms with E-state index >= 15 is 0 Å². The standard InChI is InChI=1S/C13H16N2O2/c1-13(16,9-15-8-7-14-11-15)10-17-12-5-3-2-4-6-12/h2-8,11,16H,9-10H2,1H3. The molecule has 0 aliphatic rings. The van der Waals surface area contributed by atoms with Gasteiger partial charge in [0.15, 0.2) is 0 Å². The van der Waals surface area contributed by atoms with Gasteiger partial charge in [-0.2, -0.15) is 0 Å². The lowest BCUT2D eigenvalue weighted by Gasteiger charge is -2.23. The minimum Gasteiger partial charge on any atom is -0.491 e. The Morgan fingerprint density at radius 1 is 1.35 bits per heavy atom. The predicted molar refractivity (Wildman–Crippen MR) is 64.8 cm³/mol. The molecule has 1 N–H and O–H groups in total. The molecule has 0 saturated heterocycles. The molecule has 0 fully saturated rings. The van der Waals surface area contributed by atoms with E-state index in [1.54, 1.807) is 19.4 Å². The highest BCUT2D eigenvalue weighted by molar-refractivity contribution is 5.21. The first-order valence-corrected chi connectivity index (χ1v) is 5.52. The van der Waals surface area contributed by atoms with E-state index < -0.39 is 5.60 Å². The van der Waals surface area contributed by atoms with E-state index in [9.17, 15) is 5.11 Å². The summed E-state index contributed by atoms with van der Waals surface area (Å²) in [5.74, 6) is 0.762. The van der Waals surface area contributed by atoms with Crippen molar-refractivity contribution in [3.8, 4) is 5.75 Å². The summed E-state index contributed by atoms with van der Waals surface area (Å²) < 4.78 is 7.36. The van der Waals surface area contributed by atoms with Gasteiger partial charge in [-0.3, -0.25) is 0 Å². The van der Waals surface area contributed by atoms with Crippen molar-refractivity contribution in [3.05, 3.63) is 49.1 Å². The molecular formula is C13H16N2O2. The fourth-order valence-electron chi connectivity index (χ4n) is 1.57. The maximum Gasteiger partial charge on any atom is 0.119 e. The third-order valence-electron chi connectivity index (χ3n) is 2.38. The second-order valence-electron chi connectivity index (χ2n) is 4.33. The molecule has 0 saturated carbocycles. The fraction of sp³-hybridized carbons (Fsp3) is 0.308. The molecule has 1 atom stereocenters. The van der Waals surface area contributed by atoms with Crippen molar-refractivity contribution in [2.24, 2.45) is 0 Å². The summed E-state index contributed by atoms with van der Waals surface area (Å²) in [6.45, 7) is 2.45. The Labute approximate surface area is 100 Å². The lowest BCUT2D eigenvalue weighted by Crippen LogP contribution is -2.36. The van der Waals surface area contributed by atoms with Crippen LogP contribution in [0.2, 0.25) is 0 Å². The molecule has 90 valence electrons. The van der Waals surface area contributed by atoms with Crippen LogP contribution in [-0.2, 0) is 6.54 Å². The van der Waals surface area contributed by atoms with E-state index in [1.165, 1.54) is 0 Å². The maximum absolute atomic E-state index is 10.2. The Hall–Kier alpha value is -1.81. The van der Waals surface area contributed by atoms with E-state index in [4.69, 9.17) is 4.74 Å². The van der Waals surface area contributed by atoms with E-state index in [0.717, 1.165) is 5.75 Å². The van der Waals surface area contributed by atoms with Gasteiger partial charge in [0.25, 0.3) is 0 Å². The van der Waals surface area contributed by atoms with Gasteiger partial charge >= 0.3 is 0 Å². The van der Waals surface area contributed by atoms with Gasteiger partial charge in [0.2, 0.25) is 0 Å². The second kappa shape index (κ2) is 5.01. The Kier molecular flexibility index (Phi) is 3.44. The fourth-order valence-corrected chi connectivity index (χ4v) is 1.57. The summed E-state index contributed by atoms with van der Waals surface area (Å²) in [7, 11) is 0. The lowest BCUT2D eigenvalue weighted by atomic mass is 10.1. The van der Waals surface area contributed by atoms with Crippen LogP contribution in [0.1, 0.15) is 6.92 Å². The number of para-hydroxylation sites is 1. The van der Waals surface area contributed by atoms with Crippen LogP contribution in [0.4, 0.5) is 0 Å². The first kappa shape index (κ1) is 11.7. The molecule has 0 radical (unpaired) electrons. The van der Waals surface area contributed by atoms with E-state index in [1.807, 2.05) is 41.1 Å². The molecule has 1 unspecified atom stereocenters. The molecule has 4 nitrogen and oxygen atoms in total. The van der Waals surface area contributed by atoms with Crippen LogP contribution < -0.4 is 4.74 Å². The van der Waals surface area contributed by atoms with Gasteiger partial charge in [-0.15, -0.1) is 0 Å². The molecule has 4 heteroatoms. The summed E-state index contributed by atoms with van der Waals surface area (Å²) >= 11 is 0. The zero-order chi connectivity index (χ0) is 12.1. The van der Waals surface area contributed by atoms with Gasteiger partial charge in [0.1, 0.15) is 18.0 Å². The third kappa shape index (κ3) is 3.60. The number of ether oxygens (including phenoxy) is 1. The van der Waals surface area contributed by atoms with Crippen molar-refractivity contribution in [2.75, 3.05) is 6.61 Å². The van der Waals surface area contributed by atoms with Crippen molar-refractivity contribution in [1.82, 2.24) is 9.55 Å². The number of imidazole rings is 1. The van der Waals surface area contributed by atoms with Crippen molar-refractivity contribution in [2.45, 2.75) is 19.1 Å². The summed E-state index contributed by atoms with van der Waals surface area (Å²) in [6.07, 6.45) is 5.18. The molecule has 0 bridgehead atoms. The number of hydrogen-bond acceptors (Lipinski definition) is 3. The first-order chi connectivity index (χ1) is 8.16. The number of aliphatic hydroxyl groups is 1. The topological polar surface area (TPSA) is 47.3 Å². The first-order valence-electron chi connectivity index (χ1n) is 5.52. The largest absolute Gasteiger partial charge is 0.491 e. The van der Waals surface area contributed by atoms with Crippen LogP contribution in [0.15, 0.2) is 49.1 Å². The average Bonchev–Trinajstić information content (AvgIpc) is 2.80. The molecule has 0 spiro atoms. The van der Waals surface area contributed by atoms with Crippen LogP contribution in [0.25, 0.3) is 0 Å². The van der Waals surface area contributed by atoms with Gasteiger partial charge in [-0.25, -0.2) is 4.98 Å². The van der Waals surface area contributed by atoms with Gasteiger partial charge in [-0.1, -0.05) is 18.2 Å². The third-order valence-corrected chi connectivity index (χ3v) is 2.38. The predicted octanol–water partition coefficient (Wildman–Crippen LogP) is 1.71. The van der Waals surface area contributed by atoms with Gasteiger partial charge in [0.05, 0.1) is 12.9 Å². The van der Waals surface area contributed by atoms with E-state index in [0.29, 0.717) is 6.54 Å².